The Morgan fingerprint density at radius 1 is 1.38 bits per heavy atom. The van der Waals surface area contributed by atoms with Gasteiger partial charge in [-0.05, 0) is 12.1 Å². The van der Waals surface area contributed by atoms with Gasteiger partial charge in [-0.25, -0.2) is 8.42 Å². The number of aromatic hydroxyl groups is 1. The van der Waals surface area contributed by atoms with E-state index in [4.69, 9.17) is 5.11 Å². The molecule has 13 heavy (non-hydrogen) atoms. The minimum absolute atomic E-state index is 0. The van der Waals surface area contributed by atoms with Crippen molar-refractivity contribution in [2.75, 3.05) is 4.72 Å². The van der Waals surface area contributed by atoms with E-state index in [0.29, 0.717) is 0 Å². The molecule has 5 nitrogen and oxygen atoms in total. The van der Waals surface area contributed by atoms with Gasteiger partial charge in [0.15, 0.2) is 10.3 Å². The van der Waals surface area contributed by atoms with Crippen LogP contribution in [0.1, 0.15) is 0 Å². The molecule has 66 valence electrons. The van der Waals surface area contributed by atoms with Gasteiger partial charge in [0.25, 0.3) is 0 Å². The Bertz CT molecular complexity index is 378. The van der Waals surface area contributed by atoms with Gasteiger partial charge in [-0.15, -0.1) is 0 Å². The van der Waals surface area contributed by atoms with E-state index in [1.807, 2.05) is 0 Å². The zero-order valence-corrected chi connectivity index (χ0v) is 9.71. The van der Waals surface area contributed by atoms with Crippen LogP contribution in [0.3, 0.4) is 0 Å². The molecule has 7 heteroatoms. The van der Waals surface area contributed by atoms with E-state index in [1.165, 1.54) is 18.2 Å². The molecule has 2 N–H and O–H groups in total. The van der Waals surface area contributed by atoms with Crippen LogP contribution in [-0.4, -0.2) is 18.1 Å². The Kier molecular flexibility index (Phi) is 4.72. The minimum atomic E-state index is -4.51. The van der Waals surface area contributed by atoms with Crippen LogP contribution in [0.15, 0.2) is 24.3 Å². The number of rotatable bonds is 2. The summed E-state index contributed by atoms with van der Waals surface area (Å²) in [5.41, 5.74) is 0.0463. The number of anilines is 1. The Morgan fingerprint density at radius 3 is 2.46 bits per heavy atom. The summed E-state index contributed by atoms with van der Waals surface area (Å²) in [5, 5.41) is 8.87. The van der Waals surface area contributed by atoms with Gasteiger partial charge in [-0.1, -0.05) is 6.07 Å². The molecule has 0 unspecified atom stereocenters. The molecule has 0 heterocycles. The molecule has 0 amide bonds. The summed E-state index contributed by atoms with van der Waals surface area (Å²) in [6.07, 6.45) is 0. The molecule has 1 aromatic carbocycles. The van der Waals surface area contributed by atoms with E-state index < -0.39 is 10.3 Å². The van der Waals surface area contributed by atoms with Crippen LogP contribution in [0.4, 0.5) is 5.69 Å². The third kappa shape index (κ3) is 5.12. The van der Waals surface area contributed by atoms with Crippen LogP contribution in [-0.2, 0) is 10.3 Å². The third-order valence-electron chi connectivity index (χ3n) is 1.09. The van der Waals surface area contributed by atoms with E-state index in [-0.39, 0.29) is 41.0 Å². The second-order valence-corrected chi connectivity index (χ2v) is 3.22. The molecule has 0 aliphatic carbocycles. The Labute approximate surface area is 98.0 Å². The fraction of sp³-hybridized carbons (Fsp3) is 0. The first-order valence-corrected chi connectivity index (χ1v) is 4.41. The van der Waals surface area contributed by atoms with E-state index in [9.17, 15) is 13.0 Å². The van der Waals surface area contributed by atoms with Crippen LogP contribution in [0.25, 0.3) is 0 Å². The topological polar surface area (TPSA) is 89.5 Å². The van der Waals surface area contributed by atoms with Crippen LogP contribution in [0, 0.1) is 0 Å². The van der Waals surface area contributed by atoms with Crippen LogP contribution >= 0.6 is 0 Å². The first-order chi connectivity index (χ1) is 5.47. The van der Waals surface area contributed by atoms with Gasteiger partial charge in [-0.3, -0.25) is 4.72 Å². The first kappa shape index (κ1) is 12.7. The van der Waals surface area contributed by atoms with Gasteiger partial charge < -0.3 is 9.66 Å². The molecule has 0 fully saturated rings. The Balaban J connectivity index is 0.00000144. The summed E-state index contributed by atoms with van der Waals surface area (Å²) in [4.78, 5) is 0. The standard InChI is InChI=1S/C6H7NO4S.Na/c8-6-3-1-2-5(4-6)7-12(9,10)11;/h1-4,7-8H,(H,9,10,11);/q;+1/p-1. The number of benzene rings is 1. The minimum Gasteiger partial charge on any atom is -0.731 e. The van der Waals surface area contributed by atoms with Gasteiger partial charge in [0, 0.05) is 6.07 Å². The third-order valence-corrected chi connectivity index (χ3v) is 1.57. The van der Waals surface area contributed by atoms with E-state index >= 15 is 0 Å². The first-order valence-electron chi connectivity index (χ1n) is 3.00. The molecule has 0 atom stereocenters. The summed E-state index contributed by atoms with van der Waals surface area (Å²) < 4.78 is 32.2. The van der Waals surface area contributed by atoms with Crippen molar-refractivity contribution in [2.24, 2.45) is 0 Å². The van der Waals surface area contributed by atoms with Gasteiger partial charge >= 0.3 is 29.6 Å². The van der Waals surface area contributed by atoms with Crippen molar-refractivity contribution in [3.63, 3.8) is 0 Å². The molecule has 0 saturated carbocycles. The maximum Gasteiger partial charge on any atom is 1.00 e. The van der Waals surface area contributed by atoms with Crippen molar-refractivity contribution in [2.45, 2.75) is 0 Å². The number of phenols is 1. The summed E-state index contributed by atoms with van der Waals surface area (Å²) >= 11 is 0. The zero-order valence-electron chi connectivity index (χ0n) is 6.89. The second kappa shape index (κ2) is 4.83. The molecule has 0 radical (unpaired) electrons. The second-order valence-electron chi connectivity index (χ2n) is 2.11. The van der Waals surface area contributed by atoms with Gasteiger partial charge in [0.1, 0.15) is 5.75 Å². The molecule has 0 aliphatic heterocycles. The van der Waals surface area contributed by atoms with Gasteiger partial charge in [0.2, 0.25) is 0 Å². The number of nitrogens with one attached hydrogen (secondary N) is 1. The molecule has 0 spiro atoms. The monoisotopic (exact) mass is 211 g/mol. The van der Waals surface area contributed by atoms with Crippen molar-refractivity contribution >= 4 is 16.0 Å². The van der Waals surface area contributed by atoms with Crippen molar-refractivity contribution < 1.29 is 47.6 Å². The summed E-state index contributed by atoms with van der Waals surface area (Å²) in [7, 11) is -4.51. The maximum atomic E-state index is 10.2. The summed E-state index contributed by atoms with van der Waals surface area (Å²) in [6.45, 7) is 0. The van der Waals surface area contributed by atoms with Crippen LogP contribution in [0.2, 0.25) is 0 Å². The number of hydrogen-bond acceptors (Lipinski definition) is 4. The molecule has 0 saturated heterocycles. The molecule has 0 aliphatic rings. The van der Waals surface area contributed by atoms with Crippen molar-refractivity contribution in [3.8, 4) is 5.75 Å². The average Bonchev–Trinajstić information content (AvgIpc) is 1.82. The molecule has 0 aromatic heterocycles. The maximum absolute atomic E-state index is 10.2. The number of hydrogen-bond donors (Lipinski definition) is 2. The van der Waals surface area contributed by atoms with Gasteiger partial charge in [-0.2, -0.15) is 0 Å². The summed E-state index contributed by atoms with van der Waals surface area (Å²) in [6, 6.07) is 5.27. The predicted molar refractivity (Wildman–Crippen MR) is 41.4 cm³/mol. The van der Waals surface area contributed by atoms with E-state index in [2.05, 4.69) is 0 Å². The van der Waals surface area contributed by atoms with Crippen molar-refractivity contribution in [3.05, 3.63) is 24.3 Å². The molecular formula is C6H6NNaO4S. The number of phenolic OH excluding ortho intramolecular Hbond substituents is 1. The summed E-state index contributed by atoms with van der Waals surface area (Å²) in [5.74, 6) is -0.108. The van der Waals surface area contributed by atoms with Crippen LogP contribution < -0.4 is 34.3 Å². The van der Waals surface area contributed by atoms with E-state index in [1.54, 1.807) is 4.72 Å². The van der Waals surface area contributed by atoms with Crippen molar-refractivity contribution in [1.29, 1.82) is 0 Å². The van der Waals surface area contributed by atoms with Gasteiger partial charge in [0.05, 0.1) is 5.69 Å². The Hall–Kier alpha value is -0.270. The SMILES string of the molecule is O=S(=O)([O-])Nc1cccc(O)c1.[Na+]. The molecule has 1 rings (SSSR count). The Morgan fingerprint density at radius 2 is 2.00 bits per heavy atom. The average molecular weight is 211 g/mol. The van der Waals surface area contributed by atoms with Crippen molar-refractivity contribution in [1.82, 2.24) is 0 Å². The largest absolute Gasteiger partial charge is 1.00 e. The van der Waals surface area contributed by atoms with E-state index in [0.717, 1.165) is 6.07 Å². The molecule has 0 bridgehead atoms. The molecular weight excluding hydrogens is 205 g/mol. The predicted octanol–water partition coefficient (Wildman–Crippen LogP) is -2.73. The normalized spacial score (nSPS) is 10.2. The quantitative estimate of drug-likeness (QED) is 0.410. The zero-order chi connectivity index (χ0) is 9.19. The van der Waals surface area contributed by atoms with Crippen LogP contribution in [0.5, 0.6) is 5.75 Å². The smallest absolute Gasteiger partial charge is 0.731 e. The fourth-order valence-corrected chi connectivity index (χ4v) is 1.13. The molecule has 1 aromatic rings. The fourth-order valence-electron chi connectivity index (χ4n) is 0.714.